The van der Waals surface area contributed by atoms with Crippen molar-refractivity contribution in [3.05, 3.63) is 23.8 Å². The molecule has 2 aromatic rings. The van der Waals surface area contributed by atoms with Gasteiger partial charge in [0.2, 0.25) is 0 Å². The molecule has 0 aliphatic heterocycles. The van der Waals surface area contributed by atoms with Crippen molar-refractivity contribution < 1.29 is 18.3 Å². The van der Waals surface area contributed by atoms with Crippen LogP contribution in [0.15, 0.2) is 17.3 Å². The predicted octanol–water partition coefficient (Wildman–Crippen LogP) is 2.51. The molecule has 0 spiro atoms. The molecule has 1 aromatic carbocycles. The molecule has 0 fully saturated rings. The number of aromatic nitrogens is 2. The number of fused-ring (bicyclic) bond motifs is 1. The molecule has 1 heterocycles. The Labute approximate surface area is 112 Å². The third-order valence-corrected chi connectivity index (χ3v) is 3.51. The maximum atomic E-state index is 13.2. The fraction of sp³-hybridized carbons (Fsp3) is 0.333. The smallest absolute Gasteiger partial charge is 0.316 e. The molecular formula is C12H12F2N2O2S. The van der Waals surface area contributed by atoms with Crippen LogP contribution in [-0.2, 0) is 16.6 Å². The number of esters is 1. The number of rotatable bonds is 4. The van der Waals surface area contributed by atoms with Gasteiger partial charge in [0.25, 0.3) is 0 Å². The van der Waals surface area contributed by atoms with Crippen molar-refractivity contribution in [1.82, 2.24) is 9.55 Å². The van der Waals surface area contributed by atoms with Gasteiger partial charge in [0, 0.05) is 19.2 Å². The highest BCUT2D eigenvalue weighted by Gasteiger charge is 2.13. The number of ether oxygens (including phenoxy) is 1. The minimum absolute atomic E-state index is 0.107. The SMILES string of the molecule is CCOC(=O)CSc1nc2cc(F)c(F)cc2n1C. The molecular weight excluding hydrogens is 274 g/mol. The number of hydrogen-bond donors (Lipinski definition) is 0. The van der Waals surface area contributed by atoms with Crippen LogP contribution in [0.5, 0.6) is 0 Å². The first-order valence-electron chi connectivity index (χ1n) is 5.62. The van der Waals surface area contributed by atoms with Gasteiger partial charge in [-0.2, -0.15) is 0 Å². The number of aryl methyl sites for hydroxylation is 1. The lowest BCUT2D eigenvalue weighted by atomic mass is 10.3. The number of carbonyl (C=O) groups is 1. The summed E-state index contributed by atoms with van der Waals surface area (Å²) in [5, 5.41) is 0.507. The zero-order valence-corrected chi connectivity index (χ0v) is 11.3. The van der Waals surface area contributed by atoms with Crippen molar-refractivity contribution in [3.63, 3.8) is 0 Å². The first-order valence-corrected chi connectivity index (χ1v) is 6.61. The van der Waals surface area contributed by atoms with E-state index in [2.05, 4.69) is 4.98 Å². The van der Waals surface area contributed by atoms with Crippen LogP contribution in [0.25, 0.3) is 11.0 Å². The molecule has 102 valence electrons. The summed E-state index contributed by atoms with van der Waals surface area (Å²) in [7, 11) is 1.68. The van der Waals surface area contributed by atoms with Gasteiger partial charge in [-0.3, -0.25) is 4.79 Å². The van der Waals surface area contributed by atoms with Crippen LogP contribution in [0.4, 0.5) is 8.78 Å². The molecule has 0 saturated carbocycles. The zero-order valence-electron chi connectivity index (χ0n) is 10.4. The fourth-order valence-corrected chi connectivity index (χ4v) is 2.41. The van der Waals surface area contributed by atoms with Crippen LogP contribution < -0.4 is 0 Å². The lowest BCUT2D eigenvalue weighted by molar-refractivity contribution is -0.139. The summed E-state index contributed by atoms with van der Waals surface area (Å²) in [6.45, 7) is 2.04. The van der Waals surface area contributed by atoms with Crippen molar-refractivity contribution in [2.45, 2.75) is 12.1 Å². The van der Waals surface area contributed by atoms with Gasteiger partial charge in [-0.05, 0) is 6.92 Å². The van der Waals surface area contributed by atoms with Gasteiger partial charge in [-0.15, -0.1) is 0 Å². The molecule has 4 nitrogen and oxygen atoms in total. The molecule has 0 unspecified atom stereocenters. The summed E-state index contributed by atoms with van der Waals surface area (Å²) in [5.41, 5.74) is 0.831. The minimum atomic E-state index is -0.937. The Hall–Kier alpha value is -1.63. The van der Waals surface area contributed by atoms with Crippen molar-refractivity contribution in [3.8, 4) is 0 Å². The number of benzene rings is 1. The fourth-order valence-electron chi connectivity index (χ4n) is 1.62. The van der Waals surface area contributed by atoms with Crippen LogP contribution in [0.1, 0.15) is 6.92 Å². The number of thioether (sulfide) groups is 1. The quantitative estimate of drug-likeness (QED) is 0.640. The maximum Gasteiger partial charge on any atom is 0.316 e. The van der Waals surface area contributed by atoms with E-state index in [1.54, 1.807) is 18.5 Å². The van der Waals surface area contributed by atoms with E-state index in [-0.39, 0.29) is 11.7 Å². The average Bonchev–Trinajstić information content (AvgIpc) is 2.65. The summed E-state index contributed by atoms with van der Waals surface area (Å²) in [5.74, 6) is -2.10. The molecule has 2 rings (SSSR count). The molecule has 7 heteroatoms. The summed E-state index contributed by atoms with van der Waals surface area (Å²) < 4.78 is 32.7. The van der Waals surface area contributed by atoms with Crippen molar-refractivity contribution in [2.75, 3.05) is 12.4 Å². The first-order chi connectivity index (χ1) is 9.02. The highest BCUT2D eigenvalue weighted by Crippen LogP contribution is 2.24. The van der Waals surface area contributed by atoms with Crippen LogP contribution in [0, 0.1) is 11.6 Å². The van der Waals surface area contributed by atoms with E-state index in [0.29, 0.717) is 22.8 Å². The second kappa shape index (κ2) is 5.56. The Balaban J connectivity index is 2.25. The molecule has 0 bridgehead atoms. The number of halogens is 2. The standard InChI is InChI=1S/C12H12F2N2O2S/c1-3-18-11(17)6-19-12-15-9-4-7(13)8(14)5-10(9)16(12)2/h4-5H,3,6H2,1-2H3. The molecule has 0 aliphatic rings. The van der Waals surface area contributed by atoms with E-state index in [0.717, 1.165) is 23.9 Å². The highest BCUT2D eigenvalue weighted by atomic mass is 32.2. The number of carbonyl (C=O) groups excluding carboxylic acids is 1. The van der Waals surface area contributed by atoms with Crippen LogP contribution in [0.2, 0.25) is 0 Å². The Bertz CT molecular complexity index is 628. The number of hydrogen-bond acceptors (Lipinski definition) is 4. The van der Waals surface area contributed by atoms with E-state index >= 15 is 0 Å². The van der Waals surface area contributed by atoms with Gasteiger partial charge in [0.05, 0.1) is 23.4 Å². The van der Waals surface area contributed by atoms with E-state index in [1.165, 1.54) is 0 Å². The molecule has 0 N–H and O–H groups in total. The number of imidazole rings is 1. The van der Waals surface area contributed by atoms with E-state index < -0.39 is 11.6 Å². The van der Waals surface area contributed by atoms with Crippen molar-refractivity contribution in [2.24, 2.45) is 7.05 Å². The lowest BCUT2D eigenvalue weighted by Gasteiger charge is -2.02. The Morgan fingerprint density at radius 2 is 2.11 bits per heavy atom. The van der Waals surface area contributed by atoms with Crippen molar-refractivity contribution in [1.29, 1.82) is 0 Å². The van der Waals surface area contributed by atoms with Gasteiger partial charge >= 0.3 is 5.97 Å². The van der Waals surface area contributed by atoms with Gasteiger partial charge in [-0.25, -0.2) is 13.8 Å². The average molecular weight is 286 g/mol. The molecule has 0 aliphatic carbocycles. The third kappa shape index (κ3) is 2.86. The summed E-state index contributed by atoms with van der Waals surface area (Å²) >= 11 is 1.16. The summed E-state index contributed by atoms with van der Waals surface area (Å²) in [4.78, 5) is 15.4. The van der Waals surface area contributed by atoms with E-state index in [4.69, 9.17) is 4.74 Å². The molecule has 0 radical (unpaired) electrons. The first kappa shape index (κ1) is 13.8. The summed E-state index contributed by atoms with van der Waals surface area (Å²) in [6, 6.07) is 2.13. The van der Waals surface area contributed by atoms with Crippen molar-refractivity contribution >= 4 is 28.8 Å². The second-order valence-corrected chi connectivity index (χ2v) is 4.74. The Kier molecular flexibility index (Phi) is 4.04. The molecule has 1 aromatic heterocycles. The molecule has 0 saturated heterocycles. The Morgan fingerprint density at radius 3 is 2.79 bits per heavy atom. The van der Waals surface area contributed by atoms with Crippen LogP contribution in [0.3, 0.4) is 0 Å². The summed E-state index contributed by atoms with van der Waals surface area (Å²) in [6.07, 6.45) is 0. The highest BCUT2D eigenvalue weighted by molar-refractivity contribution is 7.99. The monoisotopic (exact) mass is 286 g/mol. The van der Waals surface area contributed by atoms with Gasteiger partial charge < -0.3 is 9.30 Å². The second-order valence-electron chi connectivity index (χ2n) is 3.80. The normalized spacial score (nSPS) is 10.9. The minimum Gasteiger partial charge on any atom is -0.465 e. The topological polar surface area (TPSA) is 44.1 Å². The zero-order chi connectivity index (χ0) is 14.0. The Morgan fingerprint density at radius 1 is 1.42 bits per heavy atom. The van der Waals surface area contributed by atoms with Gasteiger partial charge in [0.1, 0.15) is 0 Å². The predicted molar refractivity (Wildman–Crippen MR) is 68.0 cm³/mol. The van der Waals surface area contributed by atoms with Gasteiger partial charge in [0.15, 0.2) is 16.8 Å². The van der Waals surface area contributed by atoms with Crippen LogP contribution in [-0.4, -0.2) is 27.9 Å². The molecule has 19 heavy (non-hydrogen) atoms. The van der Waals surface area contributed by atoms with Crippen LogP contribution >= 0.6 is 11.8 Å². The maximum absolute atomic E-state index is 13.2. The number of nitrogens with zero attached hydrogens (tertiary/aromatic N) is 2. The van der Waals surface area contributed by atoms with Gasteiger partial charge in [-0.1, -0.05) is 11.8 Å². The largest absolute Gasteiger partial charge is 0.465 e. The molecule has 0 amide bonds. The lowest BCUT2D eigenvalue weighted by Crippen LogP contribution is -2.07. The van der Waals surface area contributed by atoms with E-state index in [9.17, 15) is 13.6 Å². The molecule has 0 atom stereocenters. The third-order valence-electron chi connectivity index (χ3n) is 2.51. The van der Waals surface area contributed by atoms with E-state index in [1.807, 2.05) is 0 Å².